The van der Waals surface area contributed by atoms with Crippen molar-refractivity contribution in [2.75, 3.05) is 7.11 Å². The van der Waals surface area contributed by atoms with Gasteiger partial charge in [-0.05, 0) is 33.4 Å². The Morgan fingerprint density at radius 1 is 1.40 bits per heavy atom. The van der Waals surface area contributed by atoms with Crippen LogP contribution in [0.1, 0.15) is 10.4 Å². The topological polar surface area (TPSA) is 64.4 Å². The molecule has 2 rings (SSSR count). The van der Waals surface area contributed by atoms with Crippen LogP contribution in [0.15, 0.2) is 34.1 Å². The molecular weight excluding hydrogens is 344 g/mol. The zero-order valence-electron chi connectivity index (χ0n) is 10.8. The van der Waals surface area contributed by atoms with Crippen LogP contribution >= 0.6 is 27.3 Å². The zero-order chi connectivity index (χ0) is 14.5. The van der Waals surface area contributed by atoms with E-state index in [0.717, 1.165) is 10.0 Å². The van der Waals surface area contributed by atoms with Gasteiger partial charge in [-0.1, -0.05) is 0 Å². The number of thiophene rings is 1. The predicted octanol–water partition coefficient (Wildman–Crippen LogP) is 3.72. The Bertz CT molecular complexity index is 615. The number of nitrogens with one attached hydrogen (secondary N) is 1. The number of halogens is 1. The van der Waals surface area contributed by atoms with Crippen LogP contribution in [0.5, 0.6) is 5.75 Å². The number of non-ortho nitro benzene ring substituents is 1. The van der Waals surface area contributed by atoms with E-state index in [1.807, 2.05) is 11.4 Å². The number of rotatable bonds is 6. The Labute approximate surface area is 128 Å². The van der Waals surface area contributed by atoms with Gasteiger partial charge in [0.2, 0.25) is 0 Å². The maximum Gasteiger partial charge on any atom is 0.270 e. The summed E-state index contributed by atoms with van der Waals surface area (Å²) in [5.41, 5.74) is 0.842. The highest BCUT2D eigenvalue weighted by Gasteiger charge is 2.11. The second-order valence-corrected chi connectivity index (χ2v) is 5.90. The largest absolute Gasteiger partial charge is 0.496 e. The number of hydrogen-bond acceptors (Lipinski definition) is 5. The van der Waals surface area contributed by atoms with E-state index in [0.29, 0.717) is 18.8 Å². The highest BCUT2D eigenvalue weighted by atomic mass is 79.9. The average Bonchev–Trinajstić information content (AvgIpc) is 2.84. The first-order valence-corrected chi connectivity index (χ1v) is 7.53. The molecule has 0 saturated heterocycles. The van der Waals surface area contributed by atoms with E-state index in [9.17, 15) is 10.1 Å². The van der Waals surface area contributed by atoms with E-state index in [-0.39, 0.29) is 5.69 Å². The van der Waals surface area contributed by atoms with Crippen molar-refractivity contribution >= 4 is 33.0 Å². The third-order valence-electron chi connectivity index (χ3n) is 2.77. The lowest BCUT2D eigenvalue weighted by Crippen LogP contribution is -2.13. The Hall–Kier alpha value is -1.44. The van der Waals surface area contributed by atoms with E-state index in [2.05, 4.69) is 21.2 Å². The molecule has 20 heavy (non-hydrogen) atoms. The second kappa shape index (κ2) is 6.83. The number of nitro benzene ring substituents is 1. The quantitative estimate of drug-likeness (QED) is 0.632. The molecule has 0 fully saturated rings. The molecule has 0 aliphatic heterocycles. The lowest BCUT2D eigenvalue weighted by molar-refractivity contribution is -0.384. The minimum absolute atomic E-state index is 0.0694. The first kappa shape index (κ1) is 15.0. The maximum atomic E-state index is 10.8. The molecule has 1 heterocycles. The first-order valence-electron chi connectivity index (χ1n) is 5.85. The number of benzene rings is 1. The van der Waals surface area contributed by atoms with Crippen molar-refractivity contribution in [3.63, 3.8) is 0 Å². The molecule has 5 nitrogen and oxygen atoms in total. The fourth-order valence-electron chi connectivity index (χ4n) is 1.78. The van der Waals surface area contributed by atoms with Crippen molar-refractivity contribution in [2.24, 2.45) is 0 Å². The summed E-state index contributed by atoms with van der Waals surface area (Å²) in [6, 6.07) is 6.60. The summed E-state index contributed by atoms with van der Waals surface area (Å²) >= 11 is 5.12. The van der Waals surface area contributed by atoms with Crippen LogP contribution in [0.25, 0.3) is 0 Å². The Morgan fingerprint density at radius 2 is 2.20 bits per heavy atom. The van der Waals surface area contributed by atoms with Crippen LogP contribution in [0, 0.1) is 10.1 Å². The number of hydrogen-bond donors (Lipinski definition) is 1. The first-order chi connectivity index (χ1) is 9.61. The minimum Gasteiger partial charge on any atom is -0.496 e. The lowest BCUT2D eigenvalue weighted by Gasteiger charge is -2.09. The fourth-order valence-corrected chi connectivity index (χ4v) is 3.24. The van der Waals surface area contributed by atoms with Crippen molar-refractivity contribution in [3.8, 4) is 5.75 Å². The van der Waals surface area contributed by atoms with Crippen LogP contribution in [0.2, 0.25) is 0 Å². The van der Waals surface area contributed by atoms with Gasteiger partial charge in [-0.25, -0.2) is 0 Å². The zero-order valence-corrected chi connectivity index (χ0v) is 13.2. The van der Waals surface area contributed by atoms with E-state index in [1.54, 1.807) is 24.5 Å². The van der Waals surface area contributed by atoms with Gasteiger partial charge in [-0.2, -0.15) is 0 Å². The third kappa shape index (κ3) is 3.56. The van der Waals surface area contributed by atoms with Gasteiger partial charge in [0, 0.05) is 40.1 Å². The molecule has 0 amide bonds. The standard InChI is InChI=1S/C13H13BrN2O3S/c1-19-12-3-2-10(16(17)18)6-9(12)7-15-8-13-11(14)4-5-20-13/h2-6,15H,7-8H2,1H3. The molecule has 0 saturated carbocycles. The van der Waals surface area contributed by atoms with Gasteiger partial charge in [-0.15, -0.1) is 11.3 Å². The van der Waals surface area contributed by atoms with Gasteiger partial charge in [0.25, 0.3) is 5.69 Å². The molecule has 1 aromatic heterocycles. The van der Waals surface area contributed by atoms with E-state index in [1.165, 1.54) is 17.0 Å². The van der Waals surface area contributed by atoms with Crippen molar-refractivity contribution in [2.45, 2.75) is 13.1 Å². The van der Waals surface area contributed by atoms with Crippen LogP contribution in [-0.4, -0.2) is 12.0 Å². The van der Waals surface area contributed by atoms with Gasteiger partial charge in [0.05, 0.1) is 12.0 Å². The average molecular weight is 357 g/mol. The van der Waals surface area contributed by atoms with E-state index < -0.39 is 4.92 Å². The molecule has 0 unspecified atom stereocenters. The van der Waals surface area contributed by atoms with Crippen molar-refractivity contribution in [1.82, 2.24) is 5.32 Å². The molecule has 0 spiro atoms. The summed E-state index contributed by atoms with van der Waals surface area (Å²) in [5.74, 6) is 0.647. The van der Waals surface area contributed by atoms with Gasteiger partial charge in [0.1, 0.15) is 5.75 Å². The monoisotopic (exact) mass is 356 g/mol. The molecular formula is C13H13BrN2O3S. The number of methoxy groups -OCH3 is 1. The lowest BCUT2D eigenvalue weighted by atomic mass is 10.1. The fraction of sp³-hybridized carbons (Fsp3) is 0.231. The molecule has 7 heteroatoms. The Kier molecular flexibility index (Phi) is 5.11. The highest BCUT2D eigenvalue weighted by Crippen LogP contribution is 2.25. The normalized spacial score (nSPS) is 10.5. The summed E-state index contributed by atoms with van der Waals surface area (Å²) in [6.07, 6.45) is 0. The molecule has 1 aromatic carbocycles. The highest BCUT2D eigenvalue weighted by molar-refractivity contribution is 9.10. The van der Waals surface area contributed by atoms with Crippen LogP contribution in [0.4, 0.5) is 5.69 Å². The summed E-state index contributed by atoms with van der Waals surface area (Å²) in [4.78, 5) is 11.6. The molecule has 0 aliphatic rings. The van der Waals surface area contributed by atoms with Crippen molar-refractivity contribution in [1.29, 1.82) is 0 Å². The summed E-state index contributed by atoms with van der Waals surface area (Å²) in [5, 5.41) is 16.1. The Balaban J connectivity index is 2.06. The molecule has 0 aliphatic carbocycles. The van der Waals surface area contributed by atoms with Gasteiger partial charge >= 0.3 is 0 Å². The number of nitro groups is 1. The second-order valence-electron chi connectivity index (χ2n) is 4.05. The van der Waals surface area contributed by atoms with Crippen molar-refractivity contribution < 1.29 is 9.66 Å². The van der Waals surface area contributed by atoms with Gasteiger partial charge < -0.3 is 10.1 Å². The van der Waals surface area contributed by atoms with Gasteiger partial charge in [-0.3, -0.25) is 10.1 Å². The summed E-state index contributed by atoms with van der Waals surface area (Å²) in [7, 11) is 1.56. The Morgan fingerprint density at radius 3 is 2.80 bits per heavy atom. The van der Waals surface area contributed by atoms with E-state index in [4.69, 9.17) is 4.74 Å². The van der Waals surface area contributed by atoms with Crippen LogP contribution in [0.3, 0.4) is 0 Å². The summed E-state index contributed by atoms with van der Waals surface area (Å²) < 4.78 is 6.29. The molecule has 0 radical (unpaired) electrons. The SMILES string of the molecule is COc1ccc([N+](=O)[O-])cc1CNCc1sccc1Br. The molecule has 2 aromatic rings. The van der Waals surface area contributed by atoms with Crippen LogP contribution < -0.4 is 10.1 Å². The molecule has 0 atom stereocenters. The number of ether oxygens (including phenoxy) is 1. The molecule has 0 bridgehead atoms. The molecule has 1 N–H and O–H groups in total. The summed E-state index contributed by atoms with van der Waals surface area (Å²) in [6.45, 7) is 1.21. The maximum absolute atomic E-state index is 10.8. The van der Waals surface area contributed by atoms with Crippen LogP contribution in [-0.2, 0) is 13.1 Å². The van der Waals surface area contributed by atoms with E-state index >= 15 is 0 Å². The smallest absolute Gasteiger partial charge is 0.270 e. The van der Waals surface area contributed by atoms with Crippen molar-refractivity contribution in [3.05, 3.63) is 54.7 Å². The number of nitrogens with zero attached hydrogens (tertiary/aromatic N) is 1. The minimum atomic E-state index is -0.404. The van der Waals surface area contributed by atoms with Gasteiger partial charge in [0.15, 0.2) is 0 Å². The predicted molar refractivity (Wildman–Crippen MR) is 82.2 cm³/mol. The molecule has 106 valence electrons. The third-order valence-corrected chi connectivity index (χ3v) is 4.69.